The standard InChI is InChI=1S/C12H10.4FH2O3P.H2S/c1-3-7-11(8-4-1)12-9-5-2-6-10-12;4*1-5(2,3)4;/h1-10H;4*(H2,2,3,4);1H2. The molecule has 0 aliphatic rings. The van der Waals surface area contributed by atoms with Crippen molar-refractivity contribution in [2.45, 2.75) is 0 Å². The van der Waals surface area contributed by atoms with E-state index in [2.05, 4.69) is 48.5 Å². The molecule has 0 amide bonds. The second-order valence-corrected chi connectivity index (χ2v) is 8.41. The van der Waals surface area contributed by atoms with E-state index in [9.17, 15) is 16.8 Å². The fourth-order valence-corrected chi connectivity index (χ4v) is 1.26. The van der Waals surface area contributed by atoms with Crippen molar-refractivity contribution in [2.75, 3.05) is 0 Å². The van der Waals surface area contributed by atoms with Crippen molar-refractivity contribution < 1.29 is 74.2 Å². The molecule has 0 saturated heterocycles. The first kappa shape index (κ1) is 39.3. The topological polar surface area (TPSA) is 230 Å². The lowest BCUT2D eigenvalue weighted by Gasteiger charge is -1.98. The summed E-state index contributed by atoms with van der Waals surface area (Å²) >= 11 is 0. The van der Waals surface area contributed by atoms with E-state index in [0.717, 1.165) is 0 Å². The third-order valence-electron chi connectivity index (χ3n) is 1.88. The van der Waals surface area contributed by atoms with Crippen LogP contribution in [0.1, 0.15) is 0 Å². The minimum Gasteiger partial charge on any atom is -0.299 e. The summed E-state index contributed by atoms with van der Waals surface area (Å²) in [5.41, 5.74) is 2.55. The normalized spacial score (nSPS) is 10.7. The average molecular weight is 588 g/mol. The van der Waals surface area contributed by atoms with Gasteiger partial charge in [0.2, 0.25) is 0 Å². The molecule has 0 atom stereocenters. The summed E-state index contributed by atoms with van der Waals surface area (Å²) in [6.07, 6.45) is 0. The lowest BCUT2D eigenvalue weighted by molar-refractivity contribution is 0.320. The van der Waals surface area contributed by atoms with Crippen LogP contribution in [0, 0.1) is 0 Å². The predicted molar refractivity (Wildman–Crippen MR) is 115 cm³/mol. The highest BCUT2D eigenvalue weighted by Gasteiger charge is 2.06. The summed E-state index contributed by atoms with van der Waals surface area (Å²) < 4.78 is 76.1. The van der Waals surface area contributed by atoms with Crippen LogP contribution in [-0.4, -0.2) is 39.1 Å². The van der Waals surface area contributed by atoms with E-state index < -0.39 is 31.6 Å². The van der Waals surface area contributed by atoms with Crippen LogP contribution >= 0.6 is 45.1 Å². The van der Waals surface area contributed by atoms with Gasteiger partial charge >= 0.3 is 31.6 Å². The van der Waals surface area contributed by atoms with Crippen molar-refractivity contribution in [1.82, 2.24) is 0 Å². The maximum absolute atomic E-state index is 10.4. The summed E-state index contributed by atoms with van der Waals surface area (Å²) in [5, 5.41) is 0. The quantitative estimate of drug-likeness (QED) is 0.176. The lowest BCUT2D eigenvalue weighted by atomic mass is 10.1. The number of rotatable bonds is 1. The van der Waals surface area contributed by atoms with Crippen LogP contribution in [-0.2, 0) is 18.3 Å². The maximum atomic E-state index is 10.4. The van der Waals surface area contributed by atoms with Crippen LogP contribution in [0.5, 0.6) is 0 Å². The Morgan fingerprint density at radius 2 is 0.545 bits per heavy atom. The Bertz CT molecular complexity index is 781. The largest absolute Gasteiger partial charge is 0.507 e. The molecule has 194 valence electrons. The number of benzene rings is 2. The Kier molecular flexibility index (Phi) is 22.0. The Morgan fingerprint density at radius 1 is 0.424 bits per heavy atom. The van der Waals surface area contributed by atoms with Crippen molar-refractivity contribution >= 4 is 45.1 Å². The van der Waals surface area contributed by atoms with Gasteiger partial charge in [0, 0.05) is 0 Å². The maximum Gasteiger partial charge on any atom is 0.507 e. The minimum atomic E-state index is -5.14. The van der Waals surface area contributed by atoms with Crippen molar-refractivity contribution in [2.24, 2.45) is 0 Å². The Hall–Kier alpha value is -0.890. The van der Waals surface area contributed by atoms with Crippen molar-refractivity contribution in [1.29, 1.82) is 0 Å². The van der Waals surface area contributed by atoms with E-state index in [1.54, 1.807) is 0 Å². The third kappa shape index (κ3) is 72.2. The SMILES string of the molecule is O=P(O)(O)F.O=P(O)(O)F.O=P(O)(O)F.O=P(O)(O)F.S.c1ccc(-c2ccccc2)cc1. The zero-order valence-electron chi connectivity index (χ0n) is 15.8. The van der Waals surface area contributed by atoms with Gasteiger partial charge < -0.3 is 0 Å². The molecule has 0 radical (unpaired) electrons. The van der Waals surface area contributed by atoms with Crippen LogP contribution in [0.2, 0.25) is 0 Å². The van der Waals surface area contributed by atoms with Gasteiger partial charge in [-0.3, -0.25) is 39.1 Å². The van der Waals surface area contributed by atoms with Crippen LogP contribution in [0.25, 0.3) is 11.1 Å². The predicted octanol–water partition coefficient (Wildman–Crippen LogP) is 3.66. The second-order valence-electron chi connectivity index (χ2n) is 4.62. The van der Waals surface area contributed by atoms with Crippen LogP contribution < -0.4 is 0 Å². The van der Waals surface area contributed by atoms with E-state index in [-0.39, 0.29) is 13.5 Å². The smallest absolute Gasteiger partial charge is 0.299 e. The fraction of sp³-hybridized carbons (Fsp3) is 0. The molecule has 33 heavy (non-hydrogen) atoms. The molecule has 0 unspecified atom stereocenters. The summed E-state index contributed by atoms with van der Waals surface area (Å²) in [5.74, 6) is 0. The second kappa shape index (κ2) is 18.4. The van der Waals surface area contributed by atoms with Gasteiger partial charge in [0.15, 0.2) is 0 Å². The minimum absolute atomic E-state index is 0. The van der Waals surface area contributed by atoms with Gasteiger partial charge in [0.05, 0.1) is 0 Å². The average Bonchev–Trinajstić information content (AvgIpc) is 2.50. The summed E-state index contributed by atoms with van der Waals surface area (Å²) in [7, 11) is -20.6. The van der Waals surface area contributed by atoms with Gasteiger partial charge in [-0.05, 0) is 11.1 Å². The van der Waals surface area contributed by atoms with Crippen molar-refractivity contribution in [3.63, 3.8) is 0 Å². The number of halogens is 4. The lowest BCUT2D eigenvalue weighted by Crippen LogP contribution is -1.73. The molecule has 0 spiro atoms. The first-order valence-electron chi connectivity index (χ1n) is 7.08. The van der Waals surface area contributed by atoms with Crippen LogP contribution in [0.4, 0.5) is 16.8 Å². The van der Waals surface area contributed by atoms with Gasteiger partial charge in [0.25, 0.3) is 0 Å². The van der Waals surface area contributed by atoms with Gasteiger partial charge in [-0.1, -0.05) is 60.7 Å². The molecule has 2 aromatic rings. The van der Waals surface area contributed by atoms with E-state index in [0.29, 0.717) is 0 Å². The van der Waals surface area contributed by atoms with E-state index in [1.807, 2.05) is 12.1 Å². The molecule has 0 aliphatic carbocycles. The Labute approximate surface area is 191 Å². The van der Waals surface area contributed by atoms with E-state index in [4.69, 9.17) is 57.4 Å². The molecule has 0 aliphatic heterocycles. The monoisotopic (exact) mass is 588 g/mol. The van der Waals surface area contributed by atoms with Crippen molar-refractivity contribution in [3.05, 3.63) is 60.7 Å². The molecule has 2 rings (SSSR count). The third-order valence-corrected chi connectivity index (χ3v) is 1.88. The molecular weight excluding hydrogens is 568 g/mol. The molecule has 0 fully saturated rings. The molecule has 0 heterocycles. The fourth-order valence-electron chi connectivity index (χ4n) is 1.26. The summed E-state index contributed by atoms with van der Waals surface area (Å²) in [4.78, 5) is 55.7. The summed E-state index contributed by atoms with van der Waals surface area (Å²) in [6, 6.07) is 20.8. The Balaban J connectivity index is -0.000000173. The van der Waals surface area contributed by atoms with Gasteiger partial charge in [-0.2, -0.15) is 13.5 Å². The van der Waals surface area contributed by atoms with E-state index >= 15 is 0 Å². The zero-order chi connectivity index (χ0) is 26.2. The van der Waals surface area contributed by atoms with Gasteiger partial charge in [-0.25, -0.2) is 18.3 Å². The van der Waals surface area contributed by atoms with Crippen LogP contribution in [0.15, 0.2) is 60.7 Å². The number of hydrogen-bond donors (Lipinski definition) is 8. The van der Waals surface area contributed by atoms with Gasteiger partial charge in [0.1, 0.15) is 0 Å². The molecule has 8 N–H and O–H groups in total. The number of hydrogen-bond acceptors (Lipinski definition) is 4. The molecule has 0 saturated carbocycles. The highest BCUT2D eigenvalue weighted by atomic mass is 32.1. The molecular formula is C12H20F4O12P4S. The molecule has 2 aromatic carbocycles. The molecule has 0 aromatic heterocycles. The van der Waals surface area contributed by atoms with E-state index in [1.165, 1.54) is 11.1 Å². The van der Waals surface area contributed by atoms with Crippen LogP contribution in [0.3, 0.4) is 0 Å². The highest BCUT2D eigenvalue weighted by molar-refractivity contribution is 7.59. The summed E-state index contributed by atoms with van der Waals surface area (Å²) in [6.45, 7) is 0. The van der Waals surface area contributed by atoms with Crippen molar-refractivity contribution in [3.8, 4) is 11.1 Å². The molecule has 21 heteroatoms. The molecule has 0 bridgehead atoms. The highest BCUT2D eigenvalue weighted by Crippen LogP contribution is 2.36. The Morgan fingerprint density at radius 3 is 0.667 bits per heavy atom. The van der Waals surface area contributed by atoms with Gasteiger partial charge in [-0.15, -0.1) is 16.8 Å². The zero-order valence-corrected chi connectivity index (χ0v) is 20.4. The first-order valence-corrected chi connectivity index (χ1v) is 13.1. The first-order chi connectivity index (χ1) is 14.0. The molecule has 12 nitrogen and oxygen atoms in total.